The molecular weight excluding hydrogens is 606 g/mol. The molecule has 45 heavy (non-hydrogen) atoms. The Bertz CT molecular complexity index is 1450. The van der Waals surface area contributed by atoms with Gasteiger partial charge in [-0.05, 0) is 98.0 Å². The molecule has 1 heterocycles. The zero-order chi connectivity index (χ0) is 32.9. The summed E-state index contributed by atoms with van der Waals surface area (Å²) in [5.74, 6) is -0.617. The largest absolute Gasteiger partial charge is 0.573 e. The van der Waals surface area contributed by atoms with Crippen molar-refractivity contribution in [3.63, 3.8) is 0 Å². The molecule has 4 rings (SSSR count). The van der Waals surface area contributed by atoms with Crippen LogP contribution in [0.3, 0.4) is 0 Å². The Morgan fingerprint density at radius 2 is 1.67 bits per heavy atom. The number of carboxylic acids is 1. The first-order valence-corrected chi connectivity index (χ1v) is 14.7. The lowest BCUT2D eigenvalue weighted by Crippen LogP contribution is -2.33. The van der Waals surface area contributed by atoms with Crippen molar-refractivity contribution in [3.05, 3.63) is 64.5 Å². The lowest BCUT2D eigenvalue weighted by atomic mass is 9.80. The lowest BCUT2D eigenvalue weighted by molar-refractivity contribution is -0.274. The summed E-state index contributed by atoms with van der Waals surface area (Å²) in [6.45, 7) is 5.98. The van der Waals surface area contributed by atoms with Crippen molar-refractivity contribution in [3.8, 4) is 5.75 Å². The first-order valence-electron chi connectivity index (χ1n) is 14.7. The van der Waals surface area contributed by atoms with Crippen LogP contribution in [0.1, 0.15) is 67.2 Å². The third kappa shape index (κ3) is 9.76. The Balaban J connectivity index is 1.67. The molecule has 1 aromatic heterocycles. The predicted molar refractivity (Wildman–Crippen MR) is 154 cm³/mol. The van der Waals surface area contributed by atoms with E-state index < -0.39 is 29.8 Å². The Morgan fingerprint density at radius 3 is 2.24 bits per heavy atom. The fourth-order valence-corrected chi connectivity index (χ4v) is 5.93. The first-order chi connectivity index (χ1) is 21.1. The number of benzene rings is 2. The number of hydrogen-bond donors (Lipinski definition) is 1. The van der Waals surface area contributed by atoms with Crippen LogP contribution < -0.4 is 14.5 Å². The first kappa shape index (κ1) is 33.9. The van der Waals surface area contributed by atoms with E-state index in [1.807, 2.05) is 11.8 Å². The van der Waals surface area contributed by atoms with E-state index in [4.69, 9.17) is 9.63 Å². The number of rotatable bonds is 12. The van der Waals surface area contributed by atoms with E-state index in [0.717, 1.165) is 37.8 Å². The van der Waals surface area contributed by atoms with Crippen LogP contribution >= 0.6 is 0 Å². The molecule has 14 heteroatoms. The summed E-state index contributed by atoms with van der Waals surface area (Å²) in [5, 5.41) is 13.1. The lowest BCUT2D eigenvalue weighted by Gasteiger charge is -2.34. The minimum Gasteiger partial charge on any atom is -0.481 e. The van der Waals surface area contributed by atoms with Crippen molar-refractivity contribution in [2.24, 2.45) is 11.8 Å². The van der Waals surface area contributed by atoms with E-state index in [9.17, 15) is 31.1 Å². The standard InChI is InChI=1S/C31H36F6N4O4/c1-4-40(16-22-7-5-21(6-8-22)14-28(42)43)27-10-9-26(44-31(35,36)37)15-24(27)18-41(29-38-20(3)45-39-29)17-23-11-19(2)12-25(13-23)30(32,33)34/h9-13,15,21-22H,4-8,14,16-18H2,1-3H3,(H,42,43). The zero-order valence-corrected chi connectivity index (χ0v) is 25.2. The average molecular weight is 643 g/mol. The van der Waals surface area contributed by atoms with Gasteiger partial charge in [-0.15, -0.1) is 13.2 Å². The number of hydrogen-bond acceptors (Lipinski definition) is 7. The highest BCUT2D eigenvalue weighted by atomic mass is 19.4. The summed E-state index contributed by atoms with van der Waals surface area (Å²) in [6, 6.07) is 7.71. The van der Waals surface area contributed by atoms with Crippen molar-refractivity contribution in [2.75, 3.05) is 22.9 Å². The van der Waals surface area contributed by atoms with E-state index in [0.29, 0.717) is 35.5 Å². The second kappa shape index (κ2) is 14.0. The number of halogens is 6. The summed E-state index contributed by atoms with van der Waals surface area (Å²) >= 11 is 0. The van der Waals surface area contributed by atoms with Crippen molar-refractivity contribution < 1.29 is 45.5 Å². The Hall–Kier alpha value is -3.97. The molecule has 246 valence electrons. The number of aryl methyl sites for hydroxylation is 2. The van der Waals surface area contributed by atoms with Crippen LogP contribution in [0.5, 0.6) is 5.75 Å². The number of ether oxygens (including phenoxy) is 1. The molecule has 1 saturated carbocycles. The zero-order valence-electron chi connectivity index (χ0n) is 25.2. The van der Waals surface area contributed by atoms with E-state index in [1.54, 1.807) is 30.9 Å². The molecule has 8 nitrogen and oxygen atoms in total. The monoisotopic (exact) mass is 642 g/mol. The van der Waals surface area contributed by atoms with Crippen LogP contribution in [0, 0.1) is 25.7 Å². The van der Waals surface area contributed by atoms with Gasteiger partial charge in [0.15, 0.2) is 0 Å². The molecule has 0 atom stereocenters. The Labute approximate surface area is 257 Å². The molecular formula is C31H36F6N4O4. The summed E-state index contributed by atoms with van der Waals surface area (Å²) < 4.78 is 89.8. The van der Waals surface area contributed by atoms with Gasteiger partial charge in [-0.2, -0.15) is 18.2 Å². The maximum Gasteiger partial charge on any atom is 0.573 e. The van der Waals surface area contributed by atoms with Crippen LogP contribution in [0.25, 0.3) is 0 Å². The van der Waals surface area contributed by atoms with Gasteiger partial charge in [0.2, 0.25) is 5.89 Å². The minimum atomic E-state index is -4.93. The number of aliphatic carboxylic acids is 1. The molecule has 0 bridgehead atoms. The molecule has 1 aliphatic carbocycles. The van der Waals surface area contributed by atoms with Crippen LogP contribution in [0.2, 0.25) is 0 Å². The normalized spacial score (nSPS) is 17.3. The number of carboxylic acid groups (broad SMARTS) is 1. The number of nitrogens with zero attached hydrogens (tertiary/aromatic N) is 4. The minimum absolute atomic E-state index is 0.0652. The van der Waals surface area contributed by atoms with Crippen LogP contribution in [0.4, 0.5) is 38.0 Å². The number of carbonyl (C=O) groups is 1. The summed E-state index contributed by atoms with van der Waals surface area (Å²) in [5.41, 5.74) is 0.924. The average Bonchev–Trinajstić information content (AvgIpc) is 3.37. The SMILES string of the molecule is CCN(CC1CCC(CC(=O)O)CC1)c1ccc(OC(F)(F)F)cc1CN(Cc1cc(C)cc(C(F)(F)F)c1)c1noc(C)n1. The smallest absolute Gasteiger partial charge is 0.481 e. The molecule has 1 aliphatic rings. The quantitative estimate of drug-likeness (QED) is 0.199. The molecule has 2 aromatic carbocycles. The third-order valence-corrected chi connectivity index (χ3v) is 7.91. The summed E-state index contributed by atoms with van der Waals surface area (Å²) in [7, 11) is 0. The molecule has 0 unspecified atom stereocenters. The highest BCUT2D eigenvalue weighted by Crippen LogP contribution is 2.36. The van der Waals surface area contributed by atoms with Crippen molar-refractivity contribution in [2.45, 2.75) is 78.5 Å². The molecule has 0 radical (unpaired) electrons. The van der Waals surface area contributed by atoms with Gasteiger partial charge in [0.1, 0.15) is 5.75 Å². The number of alkyl halides is 6. The van der Waals surface area contributed by atoms with Crippen molar-refractivity contribution in [1.82, 2.24) is 10.1 Å². The van der Waals surface area contributed by atoms with Gasteiger partial charge in [-0.3, -0.25) is 4.79 Å². The fraction of sp³-hybridized carbons (Fsp3) is 0.516. The molecule has 0 amide bonds. The van der Waals surface area contributed by atoms with Gasteiger partial charge in [0.25, 0.3) is 5.95 Å². The second-order valence-corrected chi connectivity index (χ2v) is 11.5. The van der Waals surface area contributed by atoms with Gasteiger partial charge >= 0.3 is 18.5 Å². The van der Waals surface area contributed by atoms with Gasteiger partial charge in [0, 0.05) is 45.2 Å². The molecule has 0 spiro atoms. The molecule has 1 N–H and O–H groups in total. The molecule has 0 aliphatic heterocycles. The Kier molecular flexibility index (Phi) is 10.5. The van der Waals surface area contributed by atoms with E-state index in [2.05, 4.69) is 14.9 Å². The summed E-state index contributed by atoms with van der Waals surface area (Å²) in [6.07, 6.45) is -6.17. The van der Waals surface area contributed by atoms with E-state index in [-0.39, 0.29) is 43.2 Å². The Morgan fingerprint density at radius 1 is 0.978 bits per heavy atom. The van der Waals surface area contributed by atoms with Crippen molar-refractivity contribution >= 4 is 17.6 Å². The van der Waals surface area contributed by atoms with Crippen molar-refractivity contribution in [1.29, 1.82) is 0 Å². The van der Waals surface area contributed by atoms with Gasteiger partial charge in [0.05, 0.1) is 5.56 Å². The predicted octanol–water partition coefficient (Wildman–Crippen LogP) is 7.92. The number of aromatic nitrogens is 2. The highest BCUT2D eigenvalue weighted by molar-refractivity contribution is 5.67. The molecule has 1 fully saturated rings. The van der Waals surface area contributed by atoms with E-state index >= 15 is 0 Å². The summed E-state index contributed by atoms with van der Waals surface area (Å²) in [4.78, 5) is 19.0. The second-order valence-electron chi connectivity index (χ2n) is 11.5. The van der Waals surface area contributed by atoms with Crippen LogP contribution in [-0.2, 0) is 24.1 Å². The number of anilines is 2. The third-order valence-electron chi connectivity index (χ3n) is 7.91. The maximum absolute atomic E-state index is 13.6. The maximum atomic E-state index is 13.6. The van der Waals surface area contributed by atoms with Crippen LogP contribution in [-0.4, -0.2) is 40.7 Å². The van der Waals surface area contributed by atoms with Gasteiger partial charge in [-0.1, -0.05) is 11.6 Å². The van der Waals surface area contributed by atoms with Crippen LogP contribution in [0.15, 0.2) is 40.9 Å². The molecule has 0 saturated heterocycles. The highest BCUT2D eigenvalue weighted by Gasteiger charge is 2.33. The van der Waals surface area contributed by atoms with E-state index in [1.165, 1.54) is 12.1 Å². The van der Waals surface area contributed by atoms with Gasteiger partial charge in [-0.25, -0.2) is 0 Å². The van der Waals surface area contributed by atoms with Gasteiger partial charge < -0.3 is 24.2 Å². The fourth-order valence-electron chi connectivity index (χ4n) is 5.93. The molecule has 3 aromatic rings. The topological polar surface area (TPSA) is 91.9 Å².